The minimum Gasteiger partial charge on any atom is -0.492 e. The maximum absolute atomic E-state index is 13.1. The molecule has 1 aromatic carbocycles. The van der Waals surface area contributed by atoms with Crippen molar-refractivity contribution >= 4 is 32.6 Å². The van der Waals surface area contributed by atoms with Crippen LogP contribution >= 0.6 is 11.3 Å². The number of aromatic nitrogens is 1. The fourth-order valence-electron chi connectivity index (χ4n) is 2.76. The van der Waals surface area contributed by atoms with Gasteiger partial charge in [0.25, 0.3) is 0 Å². The first-order valence-corrected chi connectivity index (χ1v) is 10.9. The molecule has 0 fully saturated rings. The minimum atomic E-state index is -3.70. The van der Waals surface area contributed by atoms with Crippen LogP contribution in [0.4, 0.5) is 9.93 Å². The number of nitrogens with zero attached hydrogens (tertiary/aromatic N) is 2. The van der Waals surface area contributed by atoms with Crippen LogP contribution in [0.1, 0.15) is 24.4 Å². The Kier molecular flexibility index (Phi) is 5.98. The van der Waals surface area contributed by atoms with E-state index in [2.05, 4.69) is 10.3 Å². The molecule has 1 aliphatic heterocycles. The zero-order chi connectivity index (χ0) is 19.4. The lowest BCUT2D eigenvalue weighted by molar-refractivity contribution is 0.168. The highest BCUT2D eigenvalue weighted by Gasteiger charge is 2.32. The van der Waals surface area contributed by atoms with Gasteiger partial charge in [0.2, 0.25) is 10.0 Å². The maximum atomic E-state index is 13.1. The van der Waals surface area contributed by atoms with Crippen molar-refractivity contribution in [3.63, 3.8) is 0 Å². The molecule has 0 aliphatic carbocycles. The quantitative estimate of drug-likeness (QED) is 0.785. The number of para-hydroxylation sites is 1. The number of hydrogen-bond acceptors (Lipinski definition) is 7. The Labute approximate surface area is 162 Å². The topological polar surface area (TPSA) is 97.8 Å². The second-order valence-electron chi connectivity index (χ2n) is 5.70. The molecule has 0 bridgehead atoms. The number of hydrogen-bond donors (Lipinski definition) is 1. The summed E-state index contributed by atoms with van der Waals surface area (Å²) in [5, 5.41) is 2.98. The number of amides is 1. The highest BCUT2D eigenvalue weighted by atomic mass is 32.2. The summed E-state index contributed by atoms with van der Waals surface area (Å²) >= 11 is 1.26. The van der Waals surface area contributed by atoms with Crippen molar-refractivity contribution in [2.75, 3.05) is 25.1 Å². The first-order chi connectivity index (χ1) is 13.0. The molecule has 2 heterocycles. The molecule has 10 heteroatoms. The Balaban J connectivity index is 1.81. The van der Waals surface area contributed by atoms with Crippen molar-refractivity contribution in [3.05, 3.63) is 34.8 Å². The van der Waals surface area contributed by atoms with Crippen LogP contribution in [0.25, 0.3) is 0 Å². The van der Waals surface area contributed by atoms with E-state index >= 15 is 0 Å². The average Bonchev–Trinajstić information content (AvgIpc) is 3.03. The van der Waals surface area contributed by atoms with E-state index in [0.29, 0.717) is 30.5 Å². The van der Waals surface area contributed by atoms with Gasteiger partial charge in [-0.15, -0.1) is 0 Å². The van der Waals surface area contributed by atoms with Gasteiger partial charge in [-0.2, -0.15) is 4.31 Å². The second kappa shape index (κ2) is 8.24. The molecule has 0 radical (unpaired) electrons. The Bertz CT molecular complexity index is 926. The number of ether oxygens (including phenoxy) is 2. The van der Waals surface area contributed by atoms with Crippen LogP contribution in [-0.2, 0) is 27.7 Å². The lowest BCUT2D eigenvalue weighted by Gasteiger charge is -2.26. The Hall–Kier alpha value is -2.17. The van der Waals surface area contributed by atoms with Crippen LogP contribution in [0.3, 0.4) is 0 Å². The number of carbonyl (C=O) groups is 1. The summed E-state index contributed by atoms with van der Waals surface area (Å²) < 4.78 is 37.9. The first-order valence-electron chi connectivity index (χ1n) is 8.60. The predicted octanol–water partition coefficient (Wildman–Crippen LogP) is 2.86. The van der Waals surface area contributed by atoms with Gasteiger partial charge in [-0.1, -0.05) is 23.5 Å². The van der Waals surface area contributed by atoms with Gasteiger partial charge < -0.3 is 9.47 Å². The number of benzene rings is 1. The molecule has 0 spiro atoms. The summed E-state index contributed by atoms with van der Waals surface area (Å²) in [5.41, 5.74) is 0.802. The van der Waals surface area contributed by atoms with Crippen molar-refractivity contribution in [1.29, 1.82) is 0 Å². The molecule has 8 nitrogen and oxygen atoms in total. The molecule has 1 aromatic heterocycles. The van der Waals surface area contributed by atoms with Gasteiger partial charge in [0.1, 0.15) is 10.6 Å². The van der Waals surface area contributed by atoms with Crippen molar-refractivity contribution in [2.45, 2.75) is 31.7 Å². The number of anilines is 1. The second-order valence-corrected chi connectivity index (χ2v) is 8.69. The molecule has 1 amide bonds. The van der Waals surface area contributed by atoms with Crippen LogP contribution in [0.5, 0.6) is 5.75 Å². The number of nitrogens with one attached hydrogen (secondary N) is 1. The Morgan fingerprint density at radius 1 is 1.30 bits per heavy atom. The zero-order valence-corrected chi connectivity index (χ0v) is 16.7. The minimum absolute atomic E-state index is 0.157. The van der Waals surface area contributed by atoms with E-state index in [1.165, 1.54) is 15.6 Å². The van der Waals surface area contributed by atoms with Gasteiger partial charge in [0, 0.05) is 17.8 Å². The molecular formula is C17H21N3O5S2. The molecule has 0 saturated carbocycles. The van der Waals surface area contributed by atoms with Crippen molar-refractivity contribution in [1.82, 2.24) is 9.29 Å². The molecule has 2 aromatic rings. The van der Waals surface area contributed by atoms with Crippen LogP contribution in [-0.4, -0.2) is 43.6 Å². The number of thiazole rings is 1. The lowest BCUT2D eigenvalue weighted by Crippen LogP contribution is -2.35. The summed E-state index contributed by atoms with van der Waals surface area (Å²) in [6, 6.07) is 6.63. The third kappa shape index (κ3) is 4.23. The molecule has 1 aliphatic rings. The van der Waals surface area contributed by atoms with Crippen molar-refractivity contribution in [3.8, 4) is 5.75 Å². The van der Waals surface area contributed by atoms with Crippen LogP contribution in [0, 0.1) is 0 Å². The molecular weight excluding hydrogens is 390 g/mol. The van der Waals surface area contributed by atoms with Crippen LogP contribution in [0.2, 0.25) is 0 Å². The third-order valence-corrected chi connectivity index (χ3v) is 6.83. The highest BCUT2D eigenvalue weighted by Crippen LogP contribution is 2.33. The number of carbonyl (C=O) groups excluding carboxylic acids is 1. The van der Waals surface area contributed by atoms with E-state index < -0.39 is 16.1 Å². The van der Waals surface area contributed by atoms with Gasteiger partial charge in [0.15, 0.2) is 5.13 Å². The summed E-state index contributed by atoms with van der Waals surface area (Å²) in [4.78, 5) is 16.9. The number of fused-ring (bicyclic) bond motifs is 1. The van der Waals surface area contributed by atoms with E-state index in [0.717, 1.165) is 10.6 Å². The summed E-state index contributed by atoms with van der Waals surface area (Å²) in [6.45, 7) is 4.70. The van der Waals surface area contributed by atoms with Gasteiger partial charge >= 0.3 is 6.09 Å². The van der Waals surface area contributed by atoms with Gasteiger partial charge in [-0.25, -0.2) is 18.2 Å². The lowest BCUT2D eigenvalue weighted by atomic mass is 10.2. The van der Waals surface area contributed by atoms with Gasteiger partial charge in [-0.3, -0.25) is 5.32 Å². The first kappa shape index (κ1) is 19.6. The SMILES string of the molecule is CCOC(=O)Nc1nc2c(s1)CN(S(=O)(=O)c1ccccc1OCC)CC2. The number of rotatable bonds is 6. The molecule has 0 saturated heterocycles. The summed E-state index contributed by atoms with van der Waals surface area (Å²) in [7, 11) is -3.70. The summed E-state index contributed by atoms with van der Waals surface area (Å²) in [5.74, 6) is 0.347. The van der Waals surface area contributed by atoms with Crippen LogP contribution < -0.4 is 10.1 Å². The normalized spacial score (nSPS) is 14.4. The van der Waals surface area contributed by atoms with Crippen molar-refractivity contribution in [2.24, 2.45) is 0 Å². The number of sulfonamides is 1. The molecule has 0 unspecified atom stereocenters. The highest BCUT2D eigenvalue weighted by molar-refractivity contribution is 7.89. The van der Waals surface area contributed by atoms with Gasteiger partial charge in [0.05, 0.1) is 25.5 Å². The fraction of sp³-hybridized carbons (Fsp3) is 0.412. The molecule has 0 atom stereocenters. The van der Waals surface area contributed by atoms with E-state index in [1.54, 1.807) is 31.2 Å². The Morgan fingerprint density at radius 2 is 2.07 bits per heavy atom. The molecule has 146 valence electrons. The molecule has 3 rings (SSSR count). The standard InChI is InChI=1S/C17H21N3O5S2/c1-3-24-13-7-5-6-8-15(13)27(22,23)20-10-9-12-14(11-20)26-16(18-12)19-17(21)25-4-2/h5-8H,3-4,9-11H2,1-2H3,(H,18,19,21). The monoisotopic (exact) mass is 411 g/mol. The van der Waals surface area contributed by atoms with E-state index in [1.807, 2.05) is 6.92 Å². The van der Waals surface area contributed by atoms with E-state index in [-0.39, 0.29) is 18.0 Å². The molecule has 1 N–H and O–H groups in total. The Morgan fingerprint density at radius 3 is 2.81 bits per heavy atom. The van der Waals surface area contributed by atoms with Gasteiger partial charge in [-0.05, 0) is 26.0 Å². The van der Waals surface area contributed by atoms with E-state index in [9.17, 15) is 13.2 Å². The third-order valence-electron chi connectivity index (χ3n) is 3.95. The zero-order valence-electron chi connectivity index (χ0n) is 15.1. The largest absolute Gasteiger partial charge is 0.492 e. The van der Waals surface area contributed by atoms with E-state index in [4.69, 9.17) is 9.47 Å². The molecule has 27 heavy (non-hydrogen) atoms. The average molecular weight is 412 g/mol. The fourth-order valence-corrected chi connectivity index (χ4v) is 5.39. The van der Waals surface area contributed by atoms with Crippen molar-refractivity contribution < 1.29 is 22.7 Å². The predicted molar refractivity (Wildman–Crippen MR) is 102 cm³/mol. The maximum Gasteiger partial charge on any atom is 0.413 e. The smallest absolute Gasteiger partial charge is 0.413 e. The summed E-state index contributed by atoms with van der Waals surface area (Å²) in [6.07, 6.45) is -0.0921. The van der Waals surface area contributed by atoms with Crippen LogP contribution in [0.15, 0.2) is 29.2 Å².